The Morgan fingerprint density at radius 3 is 2.67 bits per heavy atom. The lowest BCUT2D eigenvalue weighted by Gasteiger charge is -2.28. The number of rotatable bonds is 5. The number of hydrogen-bond donors (Lipinski definition) is 2. The van der Waals surface area contributed by atoms with Crippen LogP contribution in [0, 0.1) is 0 Å². The van der Waals surface area contributed by atoms with Crippen LogP contribution in [0.3, 0.4) is 0 Å². The molecule has 0 radical (unpaired) electrons. The highest BCUT2D eigenvalue weighted by Gasteiger charge is 2.32. The molecule has 0 unspecified atom stereocenters. The number of halogens is 2. The van der Waals surface area contributed by atoms with E-state index >= 15 is 0 Å². The highest BCUT2D eigenvalue weighted by atomic mass is 35.5. The first-order valence-corrected chi connectivity index (χ1v) is 11.6. The van der Waals surface area contributed by atoms with Gasteiger partial charge in [-0.3, -0.25) is 0 Å². The summed E-state index contributed by atoms with van der Waals surface area (Å²) in [4.78, 5) is 23.4. The number of nitrogens with one attached hydrogen (secondary N) is 1. The maximum Gasteiger partial charge on any atom is 0.318 e. The Bertz CT molecular complexity index is 1200. The molecule has 2 aromatic carbocycles. The first kappa shape index (κ1) is 21.8. The second kappa shape index (κ2) is 9.08. The summed E-state index contributed by atoms with van der Waals surface area (Å²) in [6.45, 7) is 1.06. The fourth-order valence-electron chi connectivity index (χ4n) is 4.07. The molecule has 0 atom stereocenters. The Labute approximate surface area is 201 Å². The molecular weight excluding hydrogens is 461 g/mol. The van der Waals surface area contributed by atoms with Gasteiger partial charge in [0.2, 0.25) is 5.95 Å². The van der Waals surface area contributed by atoms with E-state index < -0.39 is 0 Å². The average molecular weight is 484 g/mol. The van der Waals surface area contributed by atoms with Crippen LogP contribution in [0.15, 0.2) is 42.5 Å². The van der Waals surface area contributed by atoms with E-state index in [0.29, 0.717) is 52.4 Å². The molecule has 0 bridgehead atoms. The number of aromatic nitrogens is 2. The Hall–Kier alpha value is -3.03. The summed E-state index contributed by atoms with van der Waals surface area (Å²) in [6, 6.07) is 13.3. The smallest absolute Gasteiger partial charge is 0.318 e. The Kier molecular flexibility index (Phi) is 6.00. The summed E-state index contributed by atoms with van der Waals surface area (Å²) in [5.41, 5.74) is 9.71. The fourth-order valence-corrected chi connectivity index (χ4v) is 4.64. The van der Waals surface area contributed by atoms with E-state index in [0.717, 1.165) is 30.4 Å². The number of carbonyl (C=O) groups is 1. The number of carbonyl (C=O) groups excluding carboxylic acids is 1. The lowest BCUT2D eigenvalue weighted by atomic mass is 9.93. The van der Waals surface area contributed by atoms with Gasteiger partial charge in [-0.15, -0.1) is 0 Å². The maximum absolute atomic E-state index is 12.8. The Balaban J connectivity index is 1.48. The third-order valence-corrected chi connectivity index (χ3v) is 6.53. The van der Waals surface area contributed by atoms with Crippen LogP contribution in [0.25, 0.3) is 11.3 Å². The highest BCUT2D eigenvalue weighted by molar-refractivity contribution is 6.37. The zero-order valence-corrected chi connectivity index (χ0v) is 19.4. The minimum absolute atomic E-state index is 0.107. The van der Waals surface area contributed by atoms with Crippen LogP contribution in [-0.4, -0.2) is 26.9 Å². The molecule has 2 heterocycles. The van der Waals surface area contributed by atoms with Crippen LogP contribution < -0.4 is 15.8 Å². The van der Waals surface area contributed by atoms with Crippen LogP contribution in [-0.2, 0) is 19.7 Å². The molecule has 3 aromatic rings. The first-order chi connectivity index (χ1) is 16.0. The molecule has 5 rings (SSSR count). The minimum atomic E-state index is -0.107. The van der Waals surface area contributed by atoms with E-state index in [2.05, 4.69) is 15.3 Å². The van der Waals surface area contributed by atoms with E-state index in [4.69, 9.17) is 33.7 Å². The van der Waals surface area contributed by atoms with E-state index in [1.54, 1.807) is 17.0 Å². The van der Waals surface area contributed by atoms with Crippen molar-refractivity contribution in [3.8, 4) is 17.0 Å². The summed E-state index contributed by atoms with van der Waals surface area (Å²) in [5, 5.41) is 3.92. The van der Waals surface area contributed by atoms with Crippen molar-refractivity contribution in [3.05, 3.63) is 69.3 Å². The van der Waals surface area contributed by atoms with Crippen molar-refractivity contribution in [3.63, 3.8) is 0 Å². The van der Waals surface area contributed by atoms with Crippen LogP contribution >= 0.6 is 23.2 Å². The molecule has 9 heteroatoms. The summed E-state index contributed by atoms with van der Waals surface area (Å²) < 4.78 is 6.12. The Morgan fingerprint density at radius 2 is 1.94 bits per heavy atom. The molecule has 7 nitrogen and oxygen atoms in total. The maximum atomic E-state index is 12.8. The van der Waals surface area contributed by atoms with Gasteiger partial charge in [0.05, 0.1) is 35.1 Å². The predicted molar refractivity (Wildman–Crippen MR) is 128 cm³/mol. The van der Waals surface area contributed by atoms with E-state index in [9.17, 15) is 4.79 Å². The molecule has 1 fully saturated rings. The molecule has 0 saturated heterocycles. The van der Waals surface area contributed by atoms with Gasteiger partial charge in [0.15, 0.2) is 0 Å². The predicted octanol–water partition coefficient (Wildman–Crippen LogP) is 5.19. The normalized spacial score (nSPS) is 15.2. The van der Waals surface area contributed by atoms with Gasteiger partial charge in [0.25, 0.3) is 0 Å². The topological polar surface area (TPSA) is 93.4 Å². The number of nitrogens with zero attached hydrogens (tertiary/aromatic N) is 3. The van der Waals surface area contributed by atoms with Crippen LogP contribution in [0.4, 0.5) is 10.7 Å². The summed E-state index contributed by atoms with van der Waals surface area (Å²) in [6.07, 6.45) is 3.19. The molecule has 1 aromatic heterocycles. The minimum Gasteiger partial charge on any atom is -0.488 e. The number of fused-ring (bicyclic) bond motifs is 1. The van der Waals surface area contributed by atoms with Crippen molar-refractivity contribution in [2.75, 3.05) is 5.73 Å². The summed E-state index contributed by atoms with van der Waals surface area (Å²) in [5.74, 6) is 0.610. The van der Waals surface area contributed by atoms with Crippen molar-refractivity contribution in [2.45, 2.75) is 45.0 Å². The second-order valence-corrected chi connectivity index (χ2v) is 9.17. The van der Waals surface area contributed by atoms with Crippen molar-refractivity contribution in [1.82, 2.24) is 20.2 Å². The fraction of sp³-hybridized carbons (Fsp3) is 0.292. The molecule has 33 heavy (non-hydrogen) atoms. The lowest BCUT2D eigenvalue weighted by Crippen LogP contribution is -2.45. The van der Waals surface area contributed by atoms with Crippen molar-refractivity contribution in [1.29, 1.82) is 0 Å². The van der Waals surface area contributed by atoms with E-state index in [1.165, 1.54) is 0 Å². The number of amides is 2. The third kappa shape index (κ3) is 4.56. The van der Waals surface area contributed by atoms with Crippen molar-refractivity contribution < 1.29 is 9.53 Å². The third-order valence-electron chi connectivity index (χ3n) is 6.01. The van der Waals surface area contributed by atoms with Gasteiger partial charge in [-0.1, -0.05) is 53.5 Å². The molecule has 2 amide bonds. The van der Waals surface area contributed by atoms with Crippen LogP contribution in [0.5, 0.6) is 5.75 Å². The van der Waals surface area contributed by atoms with Crippen LogP contribution in [0.2, 0.25) is 10.0 Å². The molecule has 2 aliphatic rings. The summed E-state index contributed by atoms with van der Waals surface area (Å²) in [7, 11) is 0. The molecule has 1 saturated carbocycles. The van der Waals surface area contributed by atoms with Gasteiger partial charge >= 0.3 is 6.03 Å². The van der Waals surface area contributed by atoms with Crippen LogP contribution in [0.1, 0.15) is 36.1 Å². The number of hydrogen-bond acceptors (Lipinski definition) is 5. The molecule has 1 aliphatic heterocycles. The molecular formula is C24H23Cl2N5O2. The number of nitrogens with two attached hydrogens (primary N) is 1. The van der Waals surface area contributed by atoms with E-state index in [1.807, 2.05) is 30.3 Å². The number of nitrogen functional groups attached to an aromatic ring is 1. The molecule has 3 N–H and O–H groups in total. The average Bonchev–Trinajstić information content (AvgIpc) is 3.19. The lowest BCUT2D eigenvalue weighted by molar-refractivity contribution is 0.186. The number of urea groups is 1. The monoisotopic (exact) mass is 483 g/mol. The van der Waals surface area contributed by atoms with Gasteiger partial charge in [-0.05, 0) is 37.0 Å². The Morgan fingerprint density at radius 1 is 1.15 bits per heavy atom. The largest absolute Gasteiger partial charge is 0.488 e. The molecule has 1 aliphatic carbocycles. The zero-order chi connectivity index (χ0) is 22.9. The molecule has 0 spiro atoms. The first-order valence-electron chi connectivity index (χ1n) is 10.8. The van der Waals surface area contributed by atoms with Gasteiger partial charge in [-0.25, -0.2) is 14.8 Å². The standard InChI is InChI=1S/C24H23Cl2N5O2/c25-15-9-18(26)21(20(10-15)33-13-14-5-2-1-3-6-14)22-17-11-31(12-19(17)29-23(27)30-22)24(32)28-16-7-4-8-16/h1-3,5-6,9-10,16H,4,7-8,11-13H2,(H,28,32)(H2,27,29,30). The molecule has 170 valence electrons. The van der Waals surface area contributed by atoms with E-state index in [-0.39, 0.29) is 18.0 Å². The quantitative estimate of drug-likeness (QED) is 0.520. The number of benzene rings is 2. The highest BCUT2D eigenvalue weighted by Crippen LogP contribution is 2.42. The van der Waals surface area contributed by atoms with Gasteiger partial charge in [0, 0.05) is 16.6 Å². The van der Waals surface area contributed by atoms with Gasteiger partial charge in [-0.2, -0.15) is 0 Å². The zero-order valence-electron chi connectivity index (χ0n) is 17.9. The second-order valence-electron chi connectivity index (χ2n) is 8.32. The SMILES string of the molecule is Nc1nc2c(c(-c3c(Cl)cc(Cl)cc3OCc3ccccc3)n1)CN(C(=O)NC1CCC1)C2. The number of ether oxygens (including phenoxy) is 1. The van der Waals surface area contributed by atoms with Gasteiger partial charge in [0.1, 0.15) is 12.4 Å². The summed E-state index contributed by atoms with van der Waals surface area (Å²) >= 11 is 12.9. The number of anilines is 1. The van der Waals surface area contributed by atoms with Gasteiger partial charge < -0.3 is 20.7 Å². The van der Waals surface area contributed by atoms with Crippen molar-refractivity contribution >= 4 is 35.2 Å². The van der Waals surface area contributed by atoms with Crippen molar-refractivity contribution in [2.24, 2.45) is 0 Å².